The molecule has 0 bridgehead atoms. The summed E-state index contributed by atoms with van der Waals surface area (Å²) in [6, 6.07) is 4.86. The monoisotopic (exact) mass is 260 g/mol. The molecule has 4 heteroatoms. The highest BCUT2D eigenvalue weighted by Crippen LogP contribution is 2.36. The predicted octanol–water partition coefficient (Wildman–Crippen LogP) is 2.93. The lowest BCUT2D eigenvalue weighted by molar-refractivity contribution is 0.392. The third-order valence-electron chi connectivity index (χ3n) is 2.85. The van der Waals surface area contributed by atoms with E-state index in [0.29, 0.717) is 23.5 Å². The Hall–Kier alpha value is -2.23. The van der Waals surface area contributed by atoms with E-state index in [0.717, 1.165) is 16.5 Å². The van der Waals surface area contributed by atoms with Crippen LogP contribution in [0.25, 0.3) is 11.0 Å². The average molecular weight is 260 g/mol. The standard InChI is InChI=1S/C15H16O4/c1-9(2)7-11-13(18-4)8-12(17-3)10-5-6-14(16)19-15(10)11/h5-6,8H,1,7H2,2-4H3. The Morgan fingerprint density at radius 3 is 2.53 bits per heavy atom. The van der Waals surface area contributed by atoms with Crippen molar-refractivity contribution in [2.45, 2.75) is 13.3 Å². The number of allylic oxidation sites excluding steroid dienone is 1. The molecular formula is C15H16O4. The minimum absolute atomic E-state index is 0.397. The summed E-state index contributed by atoms with van der Waals surface area (Å²) >= 11 is 0. The Morgan fingerprint density at radius 1 is 1.26 bits per heavy atom. The Balaban J connectivity index is 2.85. The lowest BCUT2D eigenvalue weighted by Crippen LogP contribution is -2.01. The van der Waals surface area contributed by atoms with Crippen LogP contribution in [0, 0.1) is 0 Å². The van der Waals surface area contributed by atoms with Gasteiger partial charge in [-0.1, -0.05) is 12.2 Å². The zero-order chi connectivity index (χ0) is 14.0. The lowest BCUT2D eigenvalue weighted by Gasteiger charge is -2.13. The van der Waals surface area contributed by atoms with Crippen molar-refractivity contribution in [3.8, 4) is 11.5 Å². The van der Waals surface area contributed by atoms with Gasteiger partial charge in [0.05, 0.1) is 19.6 Å². The smallest absolute Gasteiger partial charge is 0.336 e. The van der Waals surface area contributed by atoms with Gasteiger partial charge in [-0.3, -0.25) is 0 Å². The first-order valence-corrected chi connectivity index (χ1v) is 5.89. The summed E-state index contributed by atoms with van der Waals surface area (Å²) in [5, 5.41) is 0.749. The van der Waals surface area contributed by atoms with Crippen molar-refractivity contribution in [1.29, 1.82) is 0 Å². The van der Waals surface area contributed by atoms with Crippen LogP contribution in [0.4, 0.5) is 0 Å². The molecular weight excluding hydrogens is 244 g/mol. The maximum atomic E-state index is 11.4. The van der Waals surface area contributed by atoms with Gasteiger partial charge in [0.1, 0.15) is 17.1 Å². The molecule has 0 aliphatic carbocycles. The molecule has 100 valence electrons. The van der Waals surface area contributed by atoms with Crippen molar-refractivity contribution in [2.75, 3.05) is 14.2 Å². The maximum Gasteiger partial charge on any atom is 0.336 e. The van der Waals surface area contributed by atoms with E-state index in [1.807, 2.05) is 6.92 Å². The van der Waals surface area contributed by atoms with Gasteiger partial charge in [0.25, 0.3) is 0 Å². The van der Waals surface area contributed by atoms with E-state index >= 15 is 0 Å². The van der Waals surface area contributed by atoms with E-state index in [2.05, 4.69) is 6.58 Å². The number of rotatable bonds is 4. The van der Waals surface area contributed by atoms with Crippen LogP contribution in [-0.4, -0.2) is 14.2 Å². The van der Waals surface area contributed by atoms with Crippen LogP contribution in [-0.2, 0) is 6.42 Å². The van der Waals surface area contributed by atoms with Crippen LogP contribution >= 0.6 is 0 Å². The fourth-order valence-electron chi connectivity index (χ4n) is 2.05. The van der Waals surface area contributed by atoms with Crippen LogP contribution in [0.3, 0.4) is 0 Å². The zero-order valence-corrected chi connectivity index (χ0v) is 11.3. The summed E-state index contributed by atoms with van der Waals surface area (Å²) in [7, 11) is 3.14. The molecule has 1 heterocycles. The van der Waals surface area contributed by atoms with E-state index in [4.69, 9.17) is 13.9 Å². The molecule has 0 N–H and O–H groups in total. The van der Waals surface area contributed by atoms with E-state index in [1.165, 1.54) is 6.07 Å². The van der Waals surface area contributed by atoms with Gasteiger partial charge < -0.3 is 13.9 Å². The number of benzene rings is 1. The molecule has 0 unspecified atom stereocenters. The molecule has 19 heavy (non-hydrogen) atoms. The molecule has 0 amide bonds. The molecule has 0 saturated heterocycles. The molecule has 1 aromatic heterocycles. The van der Waals surface area contributed by atoms with Gasteiger partial charge in [0.15, 0.2) is 0 Å². The number of hydrogen-bond donors (Lipinski definition) is 0. The number of methoxy groups -OCH3 is 2. The van der Waals surface area contributed by atoms with Gasteiger partial charge in [-0.25, -0.2) is 4.79 Å². The number of ether oxygens (including phenoxy) is 2. The van der Waals surface area contributed by atoms with Gasteiger partial charge in [0.2, 0.25) is 0 Å². The van der Waals surface area contributed by atoms with Crippen molar-refractivity contribution in [3.05, 3.63) is 46.3 Å². The molecule has 2 rings (SSSR count). The van der Waals surface area contributed by atoms with Crippen LogP contribution in [0.5, 0.6) is 11.5 Å². The number of hydrogen-bond acceptors (Lipinski definition) is 4. The maximum absolute atomic E-state index is 11.4. The van der Waals surface area contributed by atoms with Crippen LogP contribution in [0.1, 0.15) is 12.5 Å². The first kappa shape index (κ1) is 13.2. The average Bonchev–Trinajstić information content (AvgIpc) is 2.38. The van der Waals surface area contributed by atoms with Crippen molar-refractivity contribution >= 4 is 11.0 Å². The summed E-state index contributed by atoms with van der Waals surface area (Å²) in [5.41, 5.74) is 1.86. The molecule has 2 aromatic rings. The van der Waals surface area contributed by atoms with Crippen LogP contribution in [0.15, 0.2) is 39.6 Å². The van der Waals surface area contributed by atoms with E-state index in [-0.39, 0.29) is 0 Å². The lowest BCUT2D eigenvalue weighted by atomic mass is 10.0. The molecule has 0 saturated carbocycles. The highest BCUT2D eigenvalue weighted by atomic mass is 16.5. The van der Waals surface area contributed by atoms with E-state index < -0.39 is 5.63 Å². The summed E-state index contributed by atoms with van der Waals surface area (Å²) in [5.74, 6) is 1.24. The largest absolute Gasteiger partial charge is 0.496 e. The molecule has 1 aromatic carbocycles. The third-order valence-corrected chi connectivity index (χ3v) is 2.85. The van der Waals surface area contributed by atoms with Crippen molar-refractivity contribution in [2.24, 2.45) is 0 Å². The number of fused-ring (bicyclic) bond motifs is 1. The second-order valence-electron chi connectivity index (χ2n) is 4.39. The summed E-state index contributed by atoms with van der Waals surface area (Å²) in [6.45, 7) is 5.80. The molecule has 4 nitrogen and oxygen atoms in total. The Kier molecular flexibility index (Phi) is 3.60. The zero-order valence-electron chi connectivity index (χ0n) is 11.3. The molecule has 0 fully saturated rings. The van der Waals surface area contributed by atoms with E-state index in [9.17, 15) is 4.79 Å². The first-order valence-electron chi connectivity index (χ1n) is 5.89. The van der Waals surface area contributed by atoms with Crippen LogP contribution in [0.2, 0.25) is 0 Å². The topological polar surface area (TPSA) is 48.7 Å². The molecule has 0 spiro atoms. The SMILES string of the molecule is C=C(C)Cc1c(OC)cc(OC)c2ccc(=O)oc12. The Labute approximate surface area is 111 Å². The minimum atomic E-state index is -0.397. The molecule has 0 atom stereocenters. The quantitative estimate of drug-likeness (QED) is 0.626. The van der Waals surface area contributed by atoms with Gasteiger partial charge in [0, 0.05) is 24.1 Å². The molecule has 0 radical (unpaired) electrons. The second kappa shape index (κ2) is 5.18. The Bertz CT molecular complexity index is 682. The first-order chi connectivity index (χ1) is 9.06. The highest BCUT2D eigenvalue weighted by molar-refractivity contribution is 5.88. The fourth-order valence-corrected chi connectivity index (χ4v) is 2.05. The van der Waals surface area contributed by atoms with Gasteiger partial charge >= 0.3 is 5.63 Å². The van der Waals surface area contributed by atoms with Gasteiger partial charge in [-0.15, -0.1) is 0 Å². The van der Waals surface area contributed by atoms with E-state index in [1.54, 1.807) is 26.4 Å². The Morgan fingerprint density at radius 2 is 1.95 bits per heavy atom. The molecule has 0 aliphatic heterocycles. The summed E-state index contributed by atoms with van der Waals surface area (Å²) < 4.78 is 16.0. The van der Waals surface area contributed by atoms with Crippen LogP contribution < -0.4 is 15.1 Å². The third kappa shape index (κ3) is 2.47. The fraction of sp³-hybridized carbons (Fsp3) is 0.267. The minimum Gasteiger partial charge on any atom is -0.496 e. The van der Waals surface area contributed by atoms with Gasteiger partial charge in [-0.2, -0.15) is 0 Å². The molecule has 0 aliphatic rings. The van der Waals surface area contributed by atoms with Crippen molar-refractivity contribution < 1.29 is 13.9 Å². The van der Waals surface area contributed by atoms with Crippen molar-refractivity contribution in [1.82, 2.24) is 0 Å². The predicted molar refractivity (Wildman–Crippen MR) is 74.1 cm³/mol. The van der Waals surface area contributed by atoms with Gasteiger partial charge in [-0.05, 0) is 13.0 Å². The second-order valence-corrected chi connectivity index (χ2v) is 4.39. The summed E-state index contributed by atoms with van der Waals surface area (Å²) in [4.78, 5) is 11.4. The highest BCUT2D eigenvalue weighted by Gasteiger charge is 2.16. The summed E-state index contributed by atoms with van der Waals surface area (Å²) in [6.07, 6.45) is 0.580. The normalized spacial score (nSPS) is 10.5. The van der Waals surface area contributed by atoms with Crippen molar-refractivity contribution in [3.63, 3.8) is 0 Å².